The molecular formula is C23H28F3N5OS. The Morgan fingerprint density at radius 3 is 2.76 bits per heavy atom. The molecule has 1 N–H and O–H groups in total. The maximum Gasteiger partial charge on any atom is 0.389 e. The van der Waals surface area contributed by atoms with Gasteiger partial charge < -0.3 is 14.6 Å². The number of alkyl halides is 3. The summed E-state index contributed by atoms with van der Waals surface area (Å²) in [6.07, 6.45) is 2.64. The van der Waals surface area contributed by atoms with E-state index in [1.165, 1.54) is 11.8 Å². The van der Waals surface area contributed by atoms with Gasteiger partial charge >= 0.3 is 12.2 Å². The zero-order valence-electron chi connectivity index (χ0n) is 18.9. The number of rotatable bonds is 9. The summed E-state index contributed by atoms with van der Waals surface area (Å²) < 4.78 is 39.6. The normalized spacial score (nSPS) is 12.7. The zero-order valence-corrected chi connectivity index (χ0v) is 19.7. The number of aromatic nitrogens is 3. The van der Waals surface area contributed by atoms with Crippen LogP contribution < -0.4 is 5.32 Å². The molecule has 0 spiro atoms. The lowest BCUT2D eigenvalue weighted by atomic mass is 10.1. The van der Waals surface area contributed by atoms with Gasteiger partial charge in [-0.05, 0) is 37.7 Å². The number of halogens is 3. The van der Waals surface area contributed by atoms with Gasteiger partial charge in [0.1, 0.15) is 5.03 Å². The standard InChI is InChI=1S/C23H28F3N5OS/c1-4-18(9-10-23(24,25)26)28-22(32)30(5-2)14-16-7-6-8-17(13-16)19-15-31-12-11-27-20(31)21(29-19)33-3/h6-8,11-13,15,18H,4-5,9-10,14H2,1-3H3,(H,28,32). The van der Waals surface area contributed by atoms with E-state index in [1.807, 2.05) is 54.2 Å². The third kappa shape index (κ3) is 6.63. The third-order valence-electron chi connectivity index (χ3n) is 5.40. The Labute approximate surface area is 195 Å². The van der Waals surface area contributed by atoms with Crippen molar-refractivity contribution in [3.8, 4) is 11.3 Å². The van der Waals surface area contributed by atoms with Crippen molar-refractivity contribution < 1.29 is 18.0 Å². The number of nitrogens with zero attached hydrogens (tertiary/aromatic N) is 4. The number of carbonyl (C=O) groups excluding carboxylic acids is 1. The molecule has 10 heteroatoms. The number of imidazole rings is 1. The minimum Gasteiger partial charge on any atom is -0.335 e. The number of fused-ring (bicyclic) bond motifs is 1. The first-order valence-electron chi connectivity index (χ1n) is 10.8. The molecular weight excluding hydrogens is 451 g/mol. The summed E-state index contributed by atoms with van der Waals surface area (Å²) in [6, 6.07) is 6.89. The second kappa shape index (κ2) is 10.9. The van der Waals surface area contributed by atoms with E-state index in [-0.39, 0.29) is 12.5 Å². The van der Waals surface area contributed by atoms with Crippen LogP contribution in [0.2, 0.25) is 0 Å². The van der Waals surface area contributed by atoms with E-state index in [9.17, 15) is 18.0 Å². The van der Waals surface area contributed by atoms with Crippen LogP contribution in [-0.2, 0) is 6.54 Å². The van der Waals surface area contributed by atoms with Crippen molar-refractivity contribution in [3.05, 3.63) is 48.4 Å². The van der Waals surface area contributed by atoms with E-state index in [1.54, 1.807) is 18.0 Å². The first-order valence-corrected chi connectivity index (χ1v) is 12.1. The first kappa shape index (κ1) is 24.9. The SMILES string of the molecule is CCC(CCC(F)(F)F)NC(=O)N(CC)Cc1cccc(-c2cn3ccnc3c(SC)n2)c1. The van der Waals surface area contributed by atoms with Crippen molar-refractivity contribution >= 4 is 23.4 Å². The van der Waals surface area contributed by atoms with Gasteiger partial charge in [0.25, 0.3) is 0 Å². The smallest absolute Gasteiger partial charge is 0.335 e. The quantitative estimate of drug-likeness (QED) is 0.396. The van der Waals surface area contributed by atoms with Crippen LogP contribution in [0.25, 0.3) is 16.9 Å². The zero-order chi connectivity index (χ0) is 24.0. The Bertz CT molecular complexity index is 1090. The van der Waals surface area contributed by atoms with Crippen LogP contribution in [0.3, 0.4) is 0 Å². The van der Waals surface area contributed by atoms with Crippen molar-refractivity contribution in [2.75, 3.05) is 12.8 Å². The number of carbonyl (C=O) groups is 1. The maximum atomic E-state index is 12.7. The highest BCUT2D eigenvalue weighted by molar-refractivity contribution is 7.98. The molecule has 0 aliphatic heterocycles. The van der Waals surface area contributed by atoms with Gasteiger partial charge in [0.15, 0.2) is 5.65 Å². The fourth-order valence-corrected chi connectivity index (χ4v) is 4.07. The van der Waals surface area contributed by atoms with Crippen molar-refractivity contribution in [1.82, 2.24) is 24.6 Å². The molecule has 0 fully saturated rings. The van der Waals surface area contributed by atoms with Crippen molar-refractivity contribution in [1.29, 1.82) is 0 Å². The molecule has 0 bridgehead atoms. The Hall–Kier alpha value is -2.75. The highest BCUT2D eigenvalue weighted by Crippen LogP contribution is 2.25. The first-order chi connectivity index (χ1) is 15.7. The predicted molar refractivity (Wildman–Crippen MR) is 124 cm³/mol. The molecule has 2 heterocycles. The van der Waals surface area contributed by atoms with Crippen LogP contribution >= 0.6 is 11.8 Å². The molecule has 2 aromatic heterocycles. The number of hydrogen-bond acceptors (Lipinski definition) is 4. The highest BCUT2D eigenvalue weighted by atomic mass is 32.2. The fraction of sp³-hybridized carbons (Fsp3) is 0.435. The summed E-state index contributed by atoms with van der Waals surface area (Å²) in [6.45, 7) is 4.39. The van der Waals surface area contributed by atoms with E-state index in [0.717, 1.165) is 27.5 Å². The fourth-order valence-electron chi connectivity index (χ4n) is 3.54. The van der Waals surface area contributed by atoms with Gasteiger partial charge in [-0.25, -0.2) is 14.8 Å². The van der Waals surface area contributed by atoms with E-state index < -0.39 is 18.6 Å². The number of urea groups is 1. The largest absolute Gasteiger partial charge is 0.389 e. The highest BCUT2D eigenvalue weighted by Gasteiger charge is 2.28. The van der Waals surface area contributed by atoms with Crippen molar-refractivity contribution in [2.45, 2.75) is 56.9 Å². The van der Waals surface area contributed by atoms with Crippen LogP contribution in [-0.4, -0.2) is 50.3 Å². The van der Waals surface area contributed by atoms with E-state index in [4.69, 9.17) is 4.98 Å². The molecule has 178 valence electrons. The van der Waals surface area contributed by atoms with Gasteiger partial charge in [-0.2, -0.15) is 13.2 Å². The van der Waals surface area contributed by atoms with E-state index >= 15 is 0 Å². The van der Waals surface area contributed by atoms with Crippen molar-refractivity contribution in [3.63, 3.8) is 0 Å². The second-order valence-electron chi connectivity index (χ2n) is 7.72. The molecule has 2 amide bonds. The topological polar surface area (TPSA) is 62.5 Å². The second-order valence-corrected chi connectivity index (χ2v) is 8.51. The van der Waals surface area contributed by atoms with Gasteiger partial charge in [-0.15, -0.1) is 11.8 Å². The average Bonchev–Trinajstić information content (AvgIpc) is 3.27. The Kier molecular flexibility index (Phi) is 8.23. The Morgan fingerprint density at radius 2 is 2.09 bits per heavy atom. The lowest BCUT2D eigenvalue weighted by molar-refractivity contribution is -0.136. The average molecular weight is 480 g/mol. The minimum absolute atomic E-state index is 0.126. The monoisotopic (exact) mass is 479 g/mol. The lowest BCUT2D eigenvalue weighted by Gasteiger charge is -2.25. The van der Waals surface area contributed by atoms with Gasteiger partial charge in [0, 0.05) is 49.7 Å². The molecule has 0 saturated heterocycles. The maximum absolute atomic E-state index is 12.7. The summed E-state index contributed by atoms with van der Waals surface area (Å²) in [5.41, 5.74) is 3.40. The van der Waals surface area contributed by atoms with Gasteiger partial charge in [-0.1, -0.05) is 25.1 Å². The number of thioether (sulfide) groups is 1. The molecule has 1 atom stereocenters. The molecule has 0 radical (unpaired) electrons. The molecule has 3 aromatic rings. The third-order valence-corrected chi connectivity index (χ3v) is 6.06. The van der Waals surface area contributed by atoms with Crippen LogP contribution in [0.4, 0.5) is 18.0 Å². The molecule has 0 saturated carbocycles. The molecule has 6 nitrogen and oxygen atoms in total. The summed E-state index contributed by atoms with van der Waals surface area (Å²) in [7, 11) is 0. The van der Waals surface area contributed by atoms with Crippen LogP contribution in [0.15, 0.2) is 47.9 Å². The molecule has 33 heavy (non-hydrogen) atoms. The molecule has 0 aliphatic carbocycles. The number of hydrogen-bond donors (Lipinski definition) is 1. The van der Waals surface area contributed by atoms with Crippen LogP contribution in [0.5, 0.6) is 0 Å². The van der Waals surface area contributed by atoms with Gasteiger partial charge in [-0.3, -0.25) is 0 Å². The number of benzene rings is 1. The molecule has 3 rings (SSSR count). The molecule has 0 aliphatic rings. The number of nitrogens with one attached hydrogen (secondary N) is 1. The number of amides is 2. The van der Waals surface area contributed by atoms with Crippen molar-refractivity contribution in [2.24, 2.45) is 0 Å². The van der Waals surface area contributed by atoms with Crippen LogP contribution in [0, 0.1) is 0 Å². The molecule has 1 unspecified atom stereocenters. The van der Waals surface area contributed by atoms with Crippen LogP contribution in [0.1, 0.15) is 38.7 Å². The van der Waals surface area contributed by atoms with E-state index in [0.29, 0.717) is 19.5 Å². The summed E-state index contributed by atoms with van der Waals surface area (Å²) in [5, 5.41) is 3.57. The lowest BCUT2D eigenvalue weighted by Crippen LogP contribution is -2.44. The predicted octanol–water partition coefficient (Wildman–Crippen LogP) is 5.77. The summed E-state index contributed by atoms with van der Waals surface area (Å²) in [4.78, 5) is 23.4. The Balaban J connectivity index is 1.73. The minimum atomic E-state index is -4.23. The summed E-state index contributed by atoms with van der Waals surface area (Å²) >= 11 is 1.52. The summed E-state index contributed by atoms with van der Waals surface area (Å²) in [5.74, 6) is 0. The Morgan fingerprint density at radius 1 is 1.30 bits per heavy atom. The molecule has 1 aromatic carbocycles. The van der Waals surface area contributed by atoms with E-state index in [2.05, 4.69) is 10.3 Å². The van der Waals surface area contributed by atoms with Gasteiger partial charge in [0.05, 0.1) is 5.69 Å². The van der Waals surface area contributed by atoms with Gasteiger partial charge in [0.2, 0.25) is 0 Å².